The topological polar surface area (TPSA) is 94.2 Å². The van der Waals surface area contributed by atoms with E-state index in [1.165, 1.54) is 18.4 Å². The molecule has 0 aliphatic carbocycles. The summed E-state index contributed by atoms with van der Waals surface area (Å²) >= 11 is 7.28. The third-order valence-electron chi connectivity index (χ3n) is 6.95. The van der Waals surface area contributed by atoms with E-state index in [-0.39, 0.29) is 18.3 Å². The monoisotopic (exact) mass is 604 g/mol. The number of carbonyl (C=O) groups is 3. The summed E-state index contributed by atoms with van der Waals surface area (Å²) in [6.45, 7) is 5.46. The van der Waals surface area contributed by atoms with E-state index in [2.05, 4.69) is 5.32 Å². The molecule has 0 saturated carbocycles. The lowest BCUT2D eigenvalue weighted by atomic mass is 9.91. The number of hydrogen-bond donors (Lipinski definition) is 1. The van der Waals surface area contributed by atoms with Crippen LogP contribution in [-0.4, -0.2) is 37.5 Å². The largest absolute Gasteiger partial charge is 0.496 e. The number of hydrogen-bond acceptors (Lipinski definition) is 8. The lowest BCUT2D eigenvalue weighted by molar-refractivity contribution is -0.121. The van der Waals surface area contributed by atoms with Crippen LogP contribution < -0.4 is 19.7 Å². The molecule has 0 unspecified atom stereocenters. The summed E-state index contributed by atoms with van der Waals surface area (Å²) in [6, 6.07) is 18.8. The number of nitrogens with one attached hydrogen (secondary N) is 1. The van der Waals surface area contributed by atoms with Crippen LogP contribution in [0.25, 0.3) is 11.1 Å². The van der Waals surface area contributed by atoms with Crippen LogP contribution in [0.3, 0.4) is 0 Å². The minimum atomic E-state index is -0.820. The maximum atomic E-state index is 13.3. The van der Waals surface area contributed by atoms with Gasteiger partial charge < -0.3 is 24.4 Å². The van der Waals surface area contributed by atoms with Crippen LogP contribution >= 0.6 is 22.9 Å². The number of ether oxygens (including phenoxy) is 3. The minimum Gasteiger partial charge on any atom is -0.496 e. The zero-order chi connectivity index (χ0) is 30.2. The van der Waals surface area contributed by atoms with Crippen molar-refractivity contribution >= 4 is 52.2 Å². The fraction of sp³-hybridized carbons (Fsp3) is 0.219. The normalized spacial score (nSPS) is 13.7. The smallest absolute Gasteiger partial charge is 0.348 e. The van der Waals surface area contributed by atoms with E-state index >= 15 is 0 Å². The molecule has 3 aromatic carbocycles. The molecule has 1 aliphatic rings. The summed E-state index contributed by atoms with van der Waals surface area (Å²) in [7, 11) is 3.22. The van der Waals surface area contributed by atoms with Gasteiger partial charge in [0.1, 0.15) is 28.5 Å². The van der Waals surface area contributed by atoms with Gasteiger partial charge in [-0.15, -0.1) is 11.3 Å². The van der Waals surface area contributed by atoms with Gasteiger partial charge in [-0.05, 0) is 80.9 Å². The van der Waals surface area contributed by atoms with Gasteiger partial charge in [0.15, 0.2) is 0 Å². The highest BCUT2D eigenvalue weighted by atomic mass is 35.5. The average Bonchev–Trinajstić information content (AvgIpc) is 3.41. The molecule has 1 aliphatic heterocycles. The quantitative estimate of drug-likeness (QED) is 0.177. The SMILES string of the molecule is COc1cc(OC(=O)c2ccc(Cl)cc2)ccc1-c1ccc2c(c1COC(=O)c1ccc(C)s1)N(C)C(=O)C(C)(C)N2. The zero-order valence-electron chi connectivity index (χ0n) is 23.7. The predicted molar refractivity (Wildman–Crippen MR) is 164 cm³/mol. The Hall–Kier alpha value is -4.34. The van der Waals surface area contributed by atoms with Crippen LogP contribution in [0.5, 0.6) is 11.5 Å². The number of esters is 2. The number of carbonyl (C=O) groups excluding carboxylic acids is 3. The molecule has 42 heavy (non-hydrogen) atoms. The standard InChI is InChI=1S/C32H29ClN2O6S/c1-18-6-15-27(42-18)30(37)40-17-24-22(13-14-25-28(24)35(4)31(38)32(2,3)34-25)23-12-11-21(16-26(23)39-5)41-29(36)19-7-9-20(33)10-8-19/h6-16,34H,17H2,1-5H3. The fourth-order valence-electron chi connectivity index (χ4n) is 4.89. The van der Waals surface area contributed by atoms with Crippen LogP contribution in [-0.2, 0) is 16.1 Å². The first-order valence-electron chi connectivity index (χ1n) is 13.1. The third kappa shape index (κ3) is 5.70. The van der Waals surface area contributed by atoms with Crippen molar-refractivity contribution in [2.24, 2.45) is 0 Å². The van der Waals surface area contributed by atoms with Crippen molar-refractivity contribution in [1.29, 1.82) is 0 Å². The summed E-state index contributed by atoms with van der Waals surface area (Å²) in [5.41, 5.74) is 2.85. The molecule has 4 aromatic rings. The first kappa shape index (κ1) is 29.2. The van der Waals surface area contributed by atoms with Gasteiger partial charge in [0.05, 0.1) is 24.0 Å². The molecule has 8 nitrogen and oxygen atoms in total. The van der Waals surface area contributed by atoms with E-state index in [1.54, 1.807) is 60.5 Å². The predicted octanol–water partition coefficient (Wildman–Crippen LogP) is 7.13. The van der Waals surface area contributed by atoms with Gasteiger partial charge in [0.2, 0.25) is 0 Å². The second-order valence-corrected chi connectivity index (χ2v) is 12.1. The van der Waals surface area contributed by atoms with Gasteiger partial charge in [0.25, 0.3) is 5.91 Å². The molecular weight excluding hydrogens is 576 g/mol. The maximum absolute atomic E-state index is 13.3. The highest BCUT2D eigenvalue weighted by Gasteiger charge is 2.39. The molecule has 10 heteroatoms. The number of aryl methyl sites for hydroxylation is 1. The van der Waals surface area contributed by atoms with E-state index in [0.717, 1.165) is 10.6 Å². The van der Waals surface area contributed by atoms with E-state index in [1.807, 2.05) is 39.0 Å². The molecule has 1 aromatic heterocycles. The van der Waals surface area contributed by atoms with Gasteiger partial charge >= 0.3 is 11.9 Å². The Labute approximate surface area is 252 Å². The summed E-state index contributed by atoms with van der Waals surface area (Å²) < 4.78 is 17.1. The van der Waals surface area contributed by atoms with Crippen molar-refractivity contribution in [3.63, 3.8) is 0 Å². The van der Waals surface area contributed by atoms with Crippen molar-refractivity contribution in [3.05, 3.63) is 92.6 Å². The molecule has 0 spiro atoms. The third-order valence-corrected chi connectivity index (χ3v) is 8.18. The number of likely N-dealkylation sites (N-methyl/N-ethyl adjacent to an activating group) is 1. The van der Waals surface area contributed by atoms with Crippen molar-refractivity contribution in [3.8, 4) is 22.6 Å². The second kappa shape index (κ2) is 11.5. The number of thiophene rings is 1. The summed E-state index contributed by atoms with van der Waals surface area (Å²) in [5.74, 6) is -0.419. The Kier molecular flexibility index (Phi) is 7.99. The molecule has 0 fully saturated rings. The highest BCUT2D eigenvalue weighted by molar-refractivity contribution is 7.13. The molecule has 0 radical (unpaired) electrons. The first-order valence-corrected chi connectivity index (χ1v) is 14.3. The Balaban J connectivity index is 1.54. The van der Waals surface area contributed by atoms with Crippen LogP contribution in [0.4, 0.5) is 11.4 Å². The number of fused-ring (bicyclic) bond motifs is 1. The van der Waals surface area contributed by atoms with Gasteiger partial charge in [-0.25, -0.2) is 9.59 Å². The number of benzene rings is 3. The Morgan fingerprint density at radius 3 is 2.36 bits per heavy atom. The second-order valence-electron chi connectivity index (χ2n) is 10.3. The van der Waals surface area contributed by atoms with Gasteiger partial charge in [0, 0.05) is 34.1 Å². The molecule has 5 rings (SSSR count). The zero-order valence-corrected chi connectivity index (χ0v) is 25.3. The van der Waals surface area contributed by atoms with Gasteiger partial charge in [-0.1, -0.05) is 17.7 Å². The number of anilines is 2. The number of rotatable bonds is 7. The average molecular weight is 605 g/mol. The molecule has 0 atom stereocenters. The van der Waals surface area contributed by atoms with Crippen molar-refractivity contribution in [2.45, 2.75) is 32.9 Å². The van der Waals surface area contributed by atoms with E-state index in [0.29, 0.717) is 43.6 Å². The van der Waals surface area contributed by atoms with Gasteiger partial charge in [-0.3, -0.25) is 4.79 Å². The molecule has 1 N–H and O–H groups in total. The van der Waals surface area contributed by atoms with Crippen molar-refractivity contribution in [2.75, 3.05) is 24.4 Å². The van der Waals surface area contributed by atoms with E-state index in [4.69, 9.17) is 25.8 Å². The Morgan fingerprint density at radius 2 is 1.69 bits per heavy atom. The first-order chi connectivity index (χ1) is 20.0. The molecular formula is C32H29ClN2O6S. The molecule has 1 amide bonds. The lowest BCUT2D eigenvalue weighted by Gasteiger charge is -2.39. The van der Waals surface area contributed by atoms with Crippen LogP contribution in [0.15, 0.2) is 66.7 Å². The van der Waals surface area contributed by atoms with Crippen molar-refractivity contribution in [1.82, 2.24) is 0 Å². The summed E-state index contributed by atoms with van der Waals surface area (Å²) in [5, 5.41) is 3.82. The van der Waals surface area contributed by atoms with Crippen LogP contribution in [0.1, 0.15) is 44.3 Å². The molecule has 2 heterocycles. The fourth-order valence-corrected chi connectivity index (χ4v) is 5.78. The van der Waals surface area contributed by atoms with Crippen molar-refractivity contribution < 1.29 is 28.6 Å². The van der Waals surface area contributed by atoms with Crippen LogP contribution in [0, 0.1) is 6.92 Å². The lowest BCUT2D eigenvalue weighted by Crippen LogP contribution is -2.52. The minimum absolute atomic E-state index is 0.0928. The van der Waals surface area contributed by atoms with E-state index < -0.39 is 17.5 Å². The van der Waals surface area contributed by atoms with Crippen LogP contribution in [0.2, 0.25) is 5.02 Å². The number of nitrogens with zero attached hydrogens (tertiary/aromatic N) is 1. The van der Waals surface area contributed by atoms with Gasteiger partial charge in [-0.2, -0.15) is 0 Å². The number of halogens is 1. The molecule has 216 valence electrons. The number of methoxy groups -OCH3 is 1. The Bertz CT molecular complexity index is 1700. The summed E-state index contributed by atoms with van der Waals surface area (Å²) in [4.78, 5) is 41.9. The molecule has 0 saturated heterocycles. The highest BCUT2D eigenvalue weighted by Crippen LogP contribution is 2.45. The Morgan fingerprint density at radius 1 is 0.976 bits per heavy atom. The summed E-state index contributed by atoms with van der Waals surface area (Å²) in [6.07, 6.45) is 0. The molecule has 0 bridgehead atoms. The van der Waals surface area contributed by atoms with E-state index in [9.17, 15) is 14.4 Å². The maximum Gasteiger partial charge on any atom is 0.348 e. The number of amides is 1.